The molecular formula is C21H27BClN3O6. The first-order valence-corrected chi connectivity index (χ1v) is 10.3. The van der Waals surface area contributed by atoms with Crippen LogP contribution in [0.2, 0.25) is 5.02 Å². The van der Waals surface area contributed by atoms with Crippen molar-refractivity contribution in [2.75, 3.05) is 39.6 Å². The molecule has 0 bridgehead atoms. The smallest absolute Gasteiger partial charge is 0.254 e. The molecule has 0 aliphatic carbocycles. The van der Waals surface area contributed by atoms with Crippen LogP contribution in [0.5, 0.6) is 28.7 Å². The van der Waals surface area contributed by atoms with Crippen LogP contribution in [0.4, 0.5) is 5.69 Å². The summed E-state index contributed by atoms with van der Waals surface area (Å²) in [5.74, 6) is -2.31. The maximum absolute atomic E-state index is 11.5. The van der Waals surface area contributed by atoms with E-state index >= 15 is 0 Å². The standard InChI is InChI=1S/C11H14BNO4.C10H13ClN2O2/c12-7-6(5-13-3-1-2-4-13)8(14)10(16)11(17)9(7)15;1-12-8-5-9(15-3)6(4-7(8)11)10(14)13-2/h14-17H,1-5H2;4-5,12H,1-3H3,(H,13,14). The quantitative estimate of drug-likeness (QED) is 0.224. The van der Waals surface area contributed by atoms with Crippen molar-refractivity contribution >= 4 is 36.5 Å². The number of nitrogens with zero attached hydrogens (tertiary/aromatic N) is 1. The Kier molecular flexibility index (Phi) is 8.74. The lowest BCUT2D eigenvalue weighted by Crippen LogP contribution is -2.23. The van der Waals surface area contributed by atoms with E-state index in [0.717, 1.165) is 31.6 Å². The molecule has 9 nitrogen and oxygen atoms in total. The molecule has 3 rings (SSSR count). The summed E-state index contributed by atoms with van der Waals surface area (Å²) in [5.41, 5.74) is 1.30. The molecule has 0 spiro atoms. The molecule has 1 amide bonds. The number of hydrogen-bond acceptors (Lipinski definition) is 8. The van der Waals surface area contributed by atoms with E-state index in [2.05, 4.69) is 15.5 Å². The van der Waals surface area contributed by atoms with E-state index in [1.165, 1.54) is 7.11 Å². The topological polar surface area (TPSA) is 135 Å². The van der Waals surface area contributed by atoms with E-state index in [-0.39, 0.29) is 16.9 Å². The van der Waals surface area contributed by atoms with Gasteiger partial charge in [0.1, 0.15) is 13.6 Å². The number of amides is 1. The third-order valence-corrected chi connectivity index (χ3v) is 5.46. The molecule has 1 heterocycles. The predicted octanol–water partition coefficient (Wildman–Crippen LogP) is 1.65. The number of phenols is 4. The van der Waals surface area contributed by atoms with Gasteiger partial charge in [0, 0.05) is 32.3 Å². The van der Waals surface area contributed by atoms with Crippen LogP contribution < -0.4 is 20.8 Å². The number of benzene rings is 2. The summed E-state index contributed by atoms with van der Waals surface area (Å²) < 4.78 is 5.11. The molecule has 1 saturated heterocycles. The minimum Gasteiger partial charge on any atom is -0.505 e. The molecule has 2 aromatic carbocycles. The largest absolute Gasteiger partial charge is 0.505 e. The van der Waals surface area contributed by atoms with Gasteiger partial charge in [-0.05, 0) is 37.5 Å². The highest BCUT2D eigenvalue weighted by molar-refractivity contribution is 6.36. The molecule has 32 heavy (non-hydrogen) atoms. The Morgan fingerprint density at radius 2 is 1.69 bits per heavy atom. The van der Waals surface area contributed by atoms with Crippen molar-refractivity contribution in [1.82, 2.24) is 10.2 Å². The number of methoxy groups -OCH3 is 1. The predicted molar refractivity (Wildman–Crippen MR) is 124 cm³/mol. The van der Waals surface area contributed by atoms with Crippen LogP contribution in [-0.4, -0.2) is 73.4 Å². The minimum absolute atomic E-state index is 0.0929. The second-order valence-electron chi connectivity index (χ2n) is 7.13. The van der Waals surface area contributed by atoms with Gasteiger partial charge < -0.3 is 35.8 Å². The summed E-state index contributed by atoms with van der Waals surface area (Å²) in [7, 11) is 10.4. The number of anilines is 1. The van der Waals surface area contributed by atoms with Gasteiger partial charge in [-0.15, -0.1) is 0 Å². The number of aromatic hydroxyl groups is 4. The van der Waals surface area contributed by atoms with Crippen molar-refractivity contribution in [2.24, 2.45) is 0 Å². The fraction of sp³-hybridized carbons (Fsp3) is 0.381. The molecular weight excluding hydrogens is 437 g/mol. The van der Waals surface area contributed by atoms with Gasteiger partial charge in [0.25, 0.3) is 5.91 Å². The number of phenolic OH excluding ortho intramolecular Hbond substituents is 4. The Morgan fingerprint density at radius 3 is 2.22 bits per heavy atom. The molecule has 1 aliphatic rings. The molecule has 0 aromatic heterocycles. The van der Waals surface area contributed by atoms with E-state index in [1.807, 2.05) is 0 Å². The fourth-order valence-corrected chi connectivity index (χ4v) is 3.57. The van der Waals surface area contributed by atoms with Crippen molar-refractivity contribution in [3.63, 3.8) is 0 Å². The number of nitrogens with one attached hydrogen (secondary N) is 2. The van der Waals surface area contributed by atoms with Crippen LogP contribution in [0.3, 0.4) is 0 Å². The maximum atomic E-state index is 11.5. The first-order valence-electron chi connectivity index (χ1n) is 9.90. The monoisotopic (exact) mass is 463 g/mol. The minimum atomic E-state index is -0.787. The van der Waals surface area contributed by atoms with Crippen LogP contribution in [0, 0.1) is 0 Å². The molecule has 0 unspecified atom stereocenters. The average molecular weight is 464 g/mol. The van der Waals surface area contributed by atoms with Crippen molar-refractivity contribution < 1.29 is 30.0 Å². The highest BCUT2D eigenvalue weighted by atomic mass is 35.5. The Morgan fingerprint density at radius 1 is 1.09 bits per heavy atom. The summed E-state index contributed by atoms with van der Waals surface area (Å²) in [4.78, 5) is 13.5. The number of ether oxygens (including phenoxy) is 1. The molecule has 1 fully saturated rings. The third-order valence-electron chi connectivity index (χ3n) is 5.15. The molecule has 2 radical (unpaired) electrons. The van der Waals surface area contributed by atoms with Gasteiger partial charge in [0.2, 0.25) is 11.5 Å². The Balaban J connectivity index is 0.000000229. The van der Waals surface area contributed by atoms with Crippen LogP contribution in [0.15, 0.2) is 12.1 Å². The SMILES string of the molecule is CNC(=O)c1cc(Cl)c(NC)cc1OC.[B]c1c(O)c(O)c(O)c(O)c1CN1CCCC1. The van der Waals surface area contributed by atoms with Gasteiger partial charge in [-0.2, -0.15) is 0 Å². The lowest BCUT2D eigenvalue weighted by atomic mass is 9.87. The van der Waals surface area contributed by atoms with Crippen molar-refractivity contribution in [1.29, 1.82) is 0 Å². The number of hydrogen-bond donors (Lipinski definition) is 6. The van der Waals surface area contributed by atoms with Gasteiger partial charge in [0.15, 0.2) is 11.5 Å². The summed E-state index contributed by atoms with van der Waals surface area (Å²) >= 11 is 5.96. The number of carbonyl (C=O) groups is 1. The van der Waals surface area contributed by atoms with Gasteiger partial charge in [-0.1, -0.05) is 11.6 Å². The number of likely N-dealkylation sites (tertiary alicyclic amines) is 1. The zero-order valence-corrected chi connectivity index (χ0v) is 19.0. The average Bonchev–Trinajstić information content (AvgIpc) is 3.32. The lowest BCUT2D eigenvalue weighted by Gasteiger charge is -2.19. The lowest BCUT2D eigenvalue weighted by molar-refractivity contribution is 0.0960. The summed E-state index contributed by atoms with van der Waals surface area (Å²) in [6.07, 6.45) is 2.16. The number of carbonyl (C=O) groups excluding carboxylic acids is 1. The van der Waals surface area contributed by atoms with E-state index in [9.17, 15) is 25.2 Å². The van der Waals surface area contributed by atoms with E-state index in [0.29, 0.717) is 22.9 Å². The molecule has 11 heteroatoms. The van der Waals surface area contributed by atoms with Crippen LogP contribution >= 0.6 is 11.6 Å². The van der Waals surface area contributed by atoms with Gasteiger partial charge in [-0.3, -0.25) is 9.69 Å². The Bertz CT molecular complexity index is 954. The second kappa shape index (κ2) is 11.1. The first kappa shape index (κ1) is 25.3. The second-order valence-corrected chi connectivity index (χ2v) is 7.54. The fourth-order valence-electron chi connectivity index (χ4n) is 3.32. The first-order chi connectivity index (χ1) is 15.2. The van der Waals surface area contributed by atoms with Gasteiger partial charge >= 0.3 is 0 Å². The van der Waals surface area contributed by atoms with Crippen LogP contribution in [0.1, 0.15) is 28.8 Å². The molecule has 0 saturated carbocycles. The highest BCUT2D eigenvalue weighted by Crippen LogP contribution is 2.42. The highest BCUT2D eigenvalue weighted by Gasteiger charge is 2.22. The summed E-state index contributed by atoms with van der Waals surface area (Å²) in [6.45, 7) is 2.13. The van der Waals surface area contributed by atoms with Gasteiger partial charge in [-0.25, -0.2) is 0 Å². The molecule has 2 aromatic rings. The van der Waals surface area contributed by atoms with Gasteiger partial charge in [0.05, 0.1) is 23.4 Å². The number of rotatable bonds is 5. The van der Waals surface area contributed by atoms with E-state index in [1.54, 1.807) is 26.2 Å². The third kappa shape index (κ3) is 5.44. The van der Waals surface area contributed by atoms with Crippen LogP contribution in [-0.2, 0) is 6.54 Å². The maximum Gasteiger partial charge on any atom is 0.254 e. The molecule has 172 valence electrons. The van der Waals surface area contributed by atoms with E-state index in [4.69, 9.17) is 24.2 Å². The zero-order valence-electron chi connectivity index (χ0n) is 18.2. The van der Waals surface area contributed by atoms with E-state index < -0.39 is 23.0 Å². The summed E-state index contributed by atoms with van der Waals surface area (Å²) in [5, 5.41) is 43.9. The molecule has 0 atom stereocenters. The van der Waals surface area contributed by atoms with Crippen molar-refractivity contribution in [3.05, 3.63) is 28.3 Å². The molecule has 1 aliphatic heterocycles. The van der Waals surface area contributed by atoms with Crippen molar-refractivity contribution in [2.45, 2.75) is 19.4 Å². The van der Waals surface area contributed by atoms with Crippen molar-refractivity contribution in [3.8, 4) is 28.7 Å². The number of halogens is 1. The summed E-state index contributed by atoms with van der Waals surface area (Å²) in [6, 6.07) is 3.26. The molecule has 6 N–H and O–H groups in total. The zero-order chi connectivity index (χ0) is 24.0. The Labute approximate surface area is 193 Å². The van der Waals surface area contributed by atoms with Crippen LogP contribution in [0.25, 0.3) is 0 Å². The Hall–Kier alpha value is -2.98. The normalized spacial score (nSPS) is 13.2.